The Kier molecular flexibility index (Phi) is 2.26. The number of fused-ring (bicyclic) bond motifs is 1. The number of ether oxygens (including phenoxy) is 1. The van der Waals surface area contributed by atoms with Crippen LogP contribution in [0.2, 0.25) is 0 Å². The number of carbonyl (C=O) groups excluding carboxylic acids is 1. The molecule has 4 aliphatic rings. The number of hydrogen-bond donors (Lipinski definition) is 1. The Labute approximate surface area is 102 Å². The average molecular weight is 235 g/mol. The molecule has 1 saturated heterocycles. The van der Waals surface area contributed by atoms with Gasteiger partial charge in [0.15, 0.2) is 0 Å². The summed E-state index contributed by atoms with van der Waals surface area (Å²) >= 11 is 0. The maximum absolute atomic E-state index is 12.2. The quantitative estimate of drug-likeness (QED) is 0.809. The van der Waals surface area contributed by atoms with Crippen molar-refractivity contribution in [3.05, 3.63) is 0 Å². The zero-order valence-corrected chi connectivity index (χ0v) is 10.2. The Morgan fingerprint density at radius 1 is 1.00 bits per heavy atom. The van der Waals surface area contributed by atoms with E-state index in [1.54, 1.807) is 0 Å². The molecule has 1 N–H and O–H groups in total. The van der Waals surface area contributed by atoms with Crippen molar-refractivity contribution in [3.8, 4) is 0 Å². The Bertz CT molecular complexity index is 329. The van der Waals surface area contributed by atoms with E-state index >= 15 is 0 Å². The van der Waals surface area contributed by atoms with Crippen molar-refractivity contribution in [2.75, 3.05) is 6.61 Å². The molecule has 0 aromatic rings. The summed E-state index contributed by atoms with van der Waals surface area (Å²) in [5, 5.41) is 3.27. The number of hydrogen-bond acceptors (Lipinski definition) is 2. The first kappa shape index (κ1) is 10.4. The Balaban J connectivity index is 1.34. The lowest BCUT2D eigenvalue weighted by Gasteiger charge is -2.22. The van der Waals surface area contributed by atoms with E-state index in [1.165, 1.54) is 19.3 Å². The molecule has 1 heterocycles. The molecule has 3 nitrogen and oxygen atoms in total. The minimum atomic E-state index is 0.312. The van der Waals surface area contributed by atoms with Crippen LogP contribution in [-0.4, -0.2) is 24.7 Å². The zero-order valence-electron chi connectivity index (χ0n) is 10.2. The molecule has 4 atom stereocenters. The van der Waals surface area contributed by atoms with Gasteiger partial charge in [-0.15, -0.1) is 0 Å². The van der Waals surface area contributed by atoms with Gasteiger partial charge in [-0.25, -0.2) is 0 Å². The highest BCUT2D eigenvalue weighted by atomic mass is 16.5. The van der Waals surface area contributed by atoms with Crippen LogP contribution in [0.25, 0.3) is 0 Å². The van der Waals surface area contributed by atoms with Crippen LogP contribution >= 0.6 is 0 Å². The van der Waals surface area contributed by atoms with E-state index in [0.717, 1.165) is 43.6 Å². The summed E-state index contributed by atoms with van der Waals surface area (Å²) in [5.74, 6) is 3.16. The van der Waals surface area contributed by atoms with Crippen LogP contribution in [0.4, 0.5) is 0 Å². The van der Waals surface area contributed by atoms with Gasteiger partial charge in [-0.1, -0.05) is 0 Å². The van der Waals surface area contributed by atoms with Gasteiger partial charge in [0.1, 0.15) is 0 Å². The first-order valence-electron chi connectivity index (χ1n) is 7.23. The maximum atomic E-state index is 12.2. The lowest BCUT2D eigenvalue weighted by molar-refractivity contribution is -0.126. The largest absolute Gasteiger partial charge is 0.376 e. The van der Waals surface area contributed by atoms with Crippen LogP contribution in [0.3, 0.4) is 0 Å². The standard InChI is InChI=1S/C14H21NO2/c16-14(11-6-9-5-10(9)7-11)15-12-3-4-17-13(12)8-1-2-8/h8-13H,1-7H2,(H,15,16). The van der Waals surface area contributed by atoms with Crippen LogP contribution in [0.1, 0.15) is 38.5 Å². The van der Waals surface area contributed by atoms with Gasteiger partial charge in [0.25, 0.3) is 0 Å². The molecular formula is C14H21NO2. The van der Waals surface area contributed by atoms with E-state index in [2.05, 4.69) is 5.32 Å². The molecule has 3 saturated carbocycles. The van der Waals surface area contributed by atoms with E-state index in [-0.39, 0.29) is 0 Å². The summed E-state index contributed by atoms with van der Waals surface area (Å²) in [6.07, 6.45) is 7.63. The summed E-state index contributed by atoms with van der Waals surface area (Å²) in [5.41, 5.74) is 0. The summed E-state index contributed by atoms with van der Waals surface area (Å²) in [4.78, 5) is 12.2. The predicted molar refractivity (Wildman–Crippen MR) is 63.3 cm³/mol. The van der Waals surface area contributed by atoms with E-state index in [4.69, 9.17) is 4.74 Å². The molecule has 4 rings (SSSR count). The number of rotatable bonds is 3. The first-order valence-corrected chi connectivity index (χ1v) is 7.23. The van der Waals surface area contributed by atoms with Gasteiger partial charge in [0, 0.05) is 12.5 Å². The summed E-state index contributed by atoms with van der Waals surface area (Å²) < 4.78 is 5.77. The van der Waals surface area contributed by atoms with E-state index < -0.39 is 0 Å². The summed E-state index contributed by atoms with van der Waals surface area (Å²) in [6, 6.07) is 0.312. The van der Waals surface area contributed by atoms with Crippen LogP contribution in [0.15, 0.2) is 0 Å². The second kappa shape index (κ2) is 3.71. The molecule has 0 aromatic carbocycles. The topological polar surface area (TPSA) is 38.3 Å². The lowest BCUT2D eigenvalue weighted by atomic mass is 10.0. The molecular weight excluding hydrogens is 214 g/mol. The fourth-order valence-corrected chi connectivity index (χ4v) is 3.88. The van der Waals surface area contributed by atoms with Gasteiger partial charge >= 0.3 is 0 Å². The molecule has 94 valence electrons. The van der Waals surface area contributed by atoms with Crippen LogP contribution < -0.4 is 5.32 Å². The molecule has 0 bridgehead atoms. The van der Waals surface area contributed by atoms with Gasteiger partial charge in [-0.05, 0) is 56.3 Å². The number of carbonyl (C=O) groups is 1. The minimum Gasteiger partial charge on any atom is -0.376 e. The van der Waals surface area contributed by atoms with Crippen molar-refractivity contribution in [1.29, 1.82) is 0 Å². The van der Waals surface area contributed by atoms with E-state index in [1.807, 2.05) is 0 Å². The van der Waals surface area contributed by atoms with Crippen molar-refractivity contribution in [3.63, 3.8) is 0 Å². The fraction of sp³-hybridized carbons (Fsp3) is 0.929. The van der Waals surface area contributed by atoms with Crippen molar-refractivity contribution in [1.82, 2.24) is 5.32 Å². The Morgan fingerprint density at radius 3 is 2.47 bits per heavy atom. The monoisotopic (exact) mass is 235 g/mol. The van der Waals surface area contributed by atoms with Gasteiger partial charge in [0.2, 0.25) is 5.91 Å². The third-order valence-corrected chi connectivity index (χ3v) is 5.16. The van der Waals surface area contributed by atoms with Crippen LogP contribution in [0.5, 0.6) is 0 Å². The van der Waals surface area contributed by atoms with E-state index in [9.17, 15) is 4.79 Å². The molecule has 1 aliphatic heterocycles. The second-order valence-electron chi connectivity index (χ2n) is 6.50. The number of amides is 1. The van der Waals surface area contributed by atoms with Crippen LogP contribution in [0, 0.1) is 23.7 Å². The maximum Gasteiger partial charge on any atom is 0.223 e. The van der Waals surface area contributed by atoms with Crippen molar-refractivity contribution in [2.24, 2.45) is 23.7 Å². The number of nitrogens with one attached hydrogen (secondary N) is 1. The normalized spacial score (nSPS) is 47.9. The van der Waals surface area contributed by atoms with Crippen LogP contribution in [-0.2, 0) is 9.53 Å². The fourth-order valence-electron chi connectivity index (χ4n) is 3.88. The predicted octanol–water partition coefficient (Wildman–Crippen LogP) is 1.72. The third kappa shape index (κ3) is 1.88. The Hall–Kier alpha value is -0.570. The minimum absolute atomic E-state index is 0.312. The lowest BCUT2D eigenvalue weighted by Crippen LogP contribution is -2.43. The second-order valence-corrected chi connectivity index (χ2v) is 6.50. The average Bonchev–Trinajstić information content (AvgIpc) is 3.23. The highest BCUT2D eigenvalue weighted by Crippen LogP contribution is 2.54. The molecule has 4 fully saturated rings. The molecule has 1 amide bonds. The van der Waals surface area contributed by atoms with Crippen molar-refractivity contribution < 1.29 is 9.53 Å². The van der Waals surface area contributed by atoms with E-state index in [0.29, 0.717) is 24.0 Å². The molecule has 3 heteroatoms. The van der Waals surface area contributed by atoms with Gasteiger partial charge in [-0.3, -0.25) is 4.79 Å². The highest BCUT2D eigenvalue weighted by molar-refractivity contribution is 5.79. The summed E-state index contributed by atoms with van der Waals surface area (Å²) in [6.45, 7) is 0.835. The highest BCUT2D eigenvalue weighted by Gasteiger charge is 2.49. The van der Waals surface area contributed by atoms with Gasteiger partial charge in [0.05, 0.1) is 12.1 Å². The third-order valence-electron chi connectivity index (χ3n) is 5.16. The molecule has 17 heavy (non-hydrogen) atoms. The SMILES string of the molecule is O=C(NC1CCOC1C1CC1)C1CC2CC2C1. The zero-order chi connectivity index (χ0) is 11.4. The Morgan fingerprint density at radius 2 is 1.76 bits per heavy atom. The van der Waals surface area contributed by atoms with Crippen molar-refractivity contribution in [2.45, 2.75) is 50.7 Å². The molecule has 0 radical (unpaired) electrons. The molecule has 0 spiro atoms. The van der Waals surface area contributed by atoms with Gasteiger partial charge < -0.3 is 10.1 Å². The first-order chi connectivity index (χ1) is 8.31. The van der Waals surface area contributed by atoms with Gasteiger partial charge in [-0.2, -0.15) is 0 Å². The summed E-state index contributed by atoms with van der Waals surface area (Å²) in [7, 11) is 0. The molecule has 3 aliphatic carbocycles. The molecule has 4 unspecified atom stereocenters. The molecule has 0 aromatic heterocycles. The smallest absolute Gasteiger partial charge is 0.223 e. The van der Waals surface area contributed by atoms with Crippen molar-refractivity contribution >= 4 is 5.91 Å².